The summed E-state index contributed by atoms with van der Waals surface area (Å²) in [5, 5.41) is 10.6. The van der Waals surface area contributed by atoms with Crippen molar-refractivity contribution in [1.82, 2.24) is 0 Å². The molecule has 0 aliphatic rings. The van der Waals surface area contributed by atoms with Gasteiger partial charge in [0.1, 0.15) is 0 Å². The average molecular weight is 160 g/mol. The summed E-state index contributed by atoms with van der Waals surface area (Å²) >= 11 is 5.27. The summed E-state index contributed by atoms with van der Waals surface area (Å²) in [7, 11) is 3.14. The maximum absolute atomic E-state index is 10.6. The highest BCUT2D eigenvalue weighted by Crippen LogP contribution is 1.90. The molecular formula is C4H11Cl2NO. The van der Waals surface area contributed by atoms with E-state index in [-0.39, 0.29) is 17.1 Å². The first-order chi connectivity index (χ1) is 3.06. The van der Waals surface area contributed by atoms with Gasteiger partial charge in [-0.1, -0.05) is 0 Å². The van der Waals surface area contributed by atoms with Gasteiger partial charge in [0.25, 0.3) is 0 Å². The minimum Gasteiger partial charge on any atom is -0.633 e. The van der Waals surface area contributed by atoms with E-state index < -0.39 is 0 Å². The van der Waals surface area contributed by atoms with Crippen molar-refractivity contribution in [3.8, 4) is 0 Å². The SMILES string of the molecule is C[N+](C)([O-])CCCl.Cl. The van der Waals surface area contributed by atoms with Crippen molar-refractivity contribution in [2.24, 2.45) is 0 Å². The number of hydroxylamine groups is 3. The van der Waals surface area contributed by atoms with Crippen molar-refractivity contribution in [2.75, 3.05) is 26.5 Å². The van der Waals surface area contributed by atoms with E-state index in [1.54, 1.807) is 14.1 Å². The molecule has 8 heavy (non-hydrogen) atoms. The Morgan fingerprint density at radius 2 is 1.88 bits per heavy atom. The lowest BCUT2D eigenvalue weighted by molar-refractivity contribution is -0.837. The molecule has 0 aromatic carbocycles. The molecule has 0 saturated heterocycles. The van der Waals surface area contributed by atoms with E-state index in [1.807, 2.05) is 0 Å². The summed E-state index contributed by atoms with van der Waals surface area (Å²) in [6, 6.07) is 0. The van der Waals surface area contributed by atoms with Crippen LogP contribution in [0.2, 0.25) is 0 Å². The molecule has 2 nitrogen and oxygen atoms in total. The molecule has 0 heterocycles. The number of hydrogen-bond donors (Lipinski definition) is 0. The van der Waals surface area contributed by atoms with Gasteiger partial charge in [0.05, 0.1) is 26.5 Å². The molecule has 0 spiro atoms. The van der Waals surface area contributed by atoms with E-state index in [0.29, 0.717) is 12.4 Å². The largest absolute Gasteiger partial charge is 0.633 e. The van der Waals surface area contributed by atoms with Gasteiger partial charge in [0.2, 0.25) is 0 Å². The summed E-state index contributed by atoms with van der Waals surface area (Å²) in [5.74, 6) is 0.441. The van der Waals surface area contributed by atoms with Gasteiger partial charge >= 0.3 is 0 Å². The smallest absolute Gasteiger partial charge is 0.0917 e. The maximum atomic E-state index is 10.6. The van der Waals surface area contributed by atoms with Crippen LogP contribution in [0.15, 0.2) is 0 Å². The standard InChI is InChI=1S/C4H10ClNO.ClH/c1-6(2,7)4-3-5;/h3-4H2,1-2H3;1H. The molecule has 0 bridgehead atoms. The molecule has 0 radical (unpaired) electrons. The second kappa shape index (κ2) is 4.39. The third-order valence-electron chi connectivity index (χ3n) is 0.623. The zero-order valence-corrected chi connectivity index (χ0v) is 6.63. The zero-order valence-electron chi connectivity index (χ0n) is 5.06. The fourth-order valence-electron chi connectivity index (χ4n) is 0.204. The van der Waals surface area contributed by atoms with Crippen LogP contribution in [-0.4, -0.2) is 31.2 Å². The second-order valence-electron chi connectivity index (χ2n) is 1.99. The van der Waals surface area contributed by atoms with Crippen molar-refractivity contribution < 1.29 is 4.65 Å². The Morgan fingerprint density at radius 3 is 1.88 bits per heavy atom. The Morgan fingerprint density at radius 1 is 1.50 bits per heavy atom. The van der Waals surface area contributed by atoms with Gasteiger partial charge in [-0.2, -0.15) is 0 Å². The minimum absolute atomic E-state index is 0. The Hall–Kier alpha value is 0.500. The minimum atomic E-state index is -0.288. The van der Waals surface area contributed by atoms with Gasteiger partial charge in [0, 0.05) is 0 Å². The first kappa shape index (κ1) is 11.3. The zero-order chi connectivity index (χ0) is 5.91. The van der Waals surface area contributed by atoms with Crippen LogP contribution in [-0.2, 0) is 0 Å². The first-order valence-electron chi connectivity index (χ1n) is 2.16. The van der Waals surface area contributed by atoms with E-state index in [0.717, 1.165) is 0 Å². The molecule has 0 amide bonds. The van der Waals surface area contributed by atoms with Crippen molar-refractivity contribution in [2.45, 2.75) is 0 Å². The highest BCUT2D eigenvalue weighted by molar-refractivity contribution is 6.17. The van der Waals surface area contributed by atoms with Gasteiger partial charge in [-0.3, -0.25) is 0 Å². The Balaban J connectivity index is 0. The van der Waals surface area contributed by atoms with Crippen molar-refractivity contribution >= 4 is 24.0 Å². The van der Waals surface area contributed by atoms with Crippen molar-refractivity contribution in [3.05, 3.63) is 5.21 Å². The van der Waals surface area contributed by atoms with Crippen LogP contribution in [0.3, 0.4) is 0 Å². The summed E-state index contributed by atoms with van der Waals surface area (Å²) in [4.78, 5) is 0. The lowest BCUT2D eigenvalue weighted by Gasteiger charge is -2.32. The van der Waals surface area contributed by atoms with Gasteiger partial charge in [-0.15, -0.1) is 24.0 Å². The highest BCUT2D eigenvalue weighted by atomic mass is 35.5. The van der Waals surface area contributed by atoms with E-state index in [4.69, 9.17) is 11.6 Å². The number of nitrogens with zero attached hydrogens (tertiary/aromatic N) is 1. The van der Waals surface area contributed by atoms with Crippen LogP contribution in [0.4, 0.5) is 0 Å². The van der Waals surface area contributed by atoms with Crippen LogP contribution in [0, 0.1) is 5.21 Å². The third kappa shape index (κ3) is 9.71. The second-order valence-corrected chi connectivity index (χ2v) is 2.36. The van der Waals surface area contributed by atoms with Crippen LogP contribution in [0.5, 0.6) is 0 Å². The molecule has 0 unspecified atom stereocenters. The van der Waals surface area contributed by atoms with Crippen LogP contribution >= 0.6 is 24.0 Å². The molecule has 0 fully saturated rings. The molecule has 52 valence electrons. The molecule has 0 N–H and O–H groups in total. The first-order valence-corrected chi connectivity index (χ1v) is 2.70. The number of quaternary nitrogens is 1. The molecular weight excluding hydrogens is 149 g/mol. The lowest BCUT2D eigenvalue weighted by atomic mass is 10.7. The molecule has 0 aromatic rings. The van der Waals surface area contributed by atoms with E-state index in [9.17, 15) is 5.21 Å². The predicted octanol–water partition coefficient (Wildman–Crippen LogP) is 1.22. The fourth-order valence-corrected chi connectivity index (χ4v) is 0.611. The van der Waals surface area contributed by atoms with E-state index in [2.05, 4.69) is 0 Å². The van der Waals surface area contributed by atoms with Crippen molar-refractivity contribution in [3.63, 3.8) is 0 Å². The van der Waals surface area contributed by atoms with Crippen LogP contribution in [0.1, 0.15) is 0 Å². The Kier molecular flexibility index (Phi) is 6.20. The molecule has 0 atom stereocenters. The molecule has 0 rings (SSSR count). The molecule has 4 heteroatoms. The van der Waals surface area contributed by atoms with Gasteiger partial charge in [-0.05, 0) is 0 Å². The fraction of sp³-hybridized carbons (Fsp3) is 1.00. The van der Waals surface area contributed by atoms with Crippen molar-refractivity contribution in [1.29, 1.82) is 0 Å². The number of hydrogen-bond acceptors (Lipinski definition) is 1. The number of alkyl halides is 1. The summed E-state index contributed by atoms with van der Waals surface area (Å²) in [5.41, 5.74) is 0. The van der Waals surface area contributed by atoms with Gasteiger partial charge in [-0.25, -0.2) is 0 Å². The van der Waals surface area contributed by atoms with Crippen LogP contribution in [0.25, 0.3) is 0 Å². The van der Waals surface area contributed by atoms with Gasteiger partial charge < -0.3 is 9.85 Å². The molecule has 0 aromatic heterocycles. The lowest BCUT2D eigenvalue weighted by Crippen LogP contribution is -2.33. The van der Waals surface area contributed by atoms with Crippen LogP contribution < -0.4 is 0 Å². The monoisotopic (exact) mass is 159 g/mol. The normalized spacial score (nSPS) is 10.5. The maximum Gasteiger partial charge on any atom is 0.0917 e. The quantitative estimate of drug-likeness (QED) is 0.338. The summed E-state index contributed by atoms with van der Waals surface area (Å²) < 4.78 is -0.288. The predicted molar refractivity (Wildman–Crippen MR) is 38.3 cm³/mol. The third-order valence-corrected chi connectivity index (χ3v) is 0.792. The Bertz CT molecular complexity index is 52.5. The number of rotatable bonds is 2. The summed E-state index contributed by atoms with van der Waals surface area (Å²) in [6.45, 7) is 0.488. The molecule has 0 saturated carbocycles. The molecule has 0 aliphatic heterocycles. The molecule has 0 aliphatic carbocycles. The van der Waals surface area contributed by atoms with E-state index >= 15 is 0 Å². The van der Waals surface area contributed by atoms with E-state index in [1.165, 1.54) is 0 Å². The summed E-state index contributed by atoms with van der Waals surface area (Å²) in [6.07, 6.45) is 0. The average Bonchev–Trinajstić information content (AvgIpc) is 1.30. The van der Waals surface area contributed by atoms with Gasteiger partial charge in [0.15, 0.2) is 0 Å². The highest BCUT2D eigenvalue weighted by Gasteiger charge is 1.96. The topological polar surface area (TPSA) is 23.1 Å². The Labute approximate surface area is 61.0 Å². The number of halogens is 2.